The second-order valence-electron chi connectivity index (χ2n) is 8.23. The van der Waals surface area contributed by atoms with Crippen LogP contribution < -0.4 is 0 Å². The molecular formula is C20H16F5N7O3S. The van der Waals surface area contributed by atoms with Crippen LogP contribution in [-0.4, -0.2) is 73.1 Å². The van der Waals surface area contributed by atoms with E-state index in [0.29, 0.717) is 6.20 Å². The van der Waals surface area contributed by atoms with Crippen molar-refractivity contribution in [3.05, 3.63) is 35.8 Å². The maximum atomic E-state index is 13.3. The Kier molecular flexibility index (Phi) is 5.11. The highest BCUT2D eigenvalue weighted by molar-refractivity contribution is 7.91. The monoisotopic (exact) mass is 529 g/mol. The summed E-state index contributed by atoms with van der Waals surface area (Å²) in [6.45, 7) is -0.249. The lowest BCUT2D eigenvalue weighted by molar-refractivity contribution is -0.137. The van der Waals surface area contributed by atoms with Crippen molar-refractivity contribution in [3.63, 3.8) is 0 Å². The molecular weight excluding hydrogens is 513 g/mol. The van der Waals surface area contributed by atoms with Gasteiger partial charge in [-0.25, -0.2) is 36.7 Å². The average Bonchev–Trinajstić information content (AvgIpc) is 3.34. The number of sulfone groups is 1. The molecule has 1 amide bonds. The number of pyridine rings is 1. The predicted octanol–water partition coefficient (Wildman–Crippen LogP) is 2.58. The van der Waals surface area contributed by atoms with E-state index in [0.717, 1.165) is 15.5 Å². The van der Waals surface area contributed by atoms with Crippen LogP contribution in [0.15, 0.2) is 29.6 Å². The third-order valence-electron chi connectivity index (χ3n) is 5.77. The zero-order valence-electron chi connectivity index (χ0n) is 18.6. The van der Waals surface area contributed by atoms with Crippen LogP contribution in [-0.2, 0) is 23.1 Å². The summed E-state index contributed by atoms with van der Waals surface area (Å²) < 4.78 is 94.3. The predicted molar refractivity (Wildman–Crippen MR) is 114 cm³/mol. The first kappa shape index (κ1) is 24.0. The second-order valence-corrected chi connectivity index (χ2v) is 10.4. The number of aryl methyl sites for hydroxylation is 1. The van der Waals surface area contributed by atoms with E-state index in [1.807, 2.05) is 0 Å². The molecule has 0 saturated carbocycles. The van der Waals surface area contributed by atoms with Crippen LogP contribution in [0.1, 0.15) is 23.0 Å². The molecule has 190 valence electrons. The van der Waals surface area contributed by atoms with Gasteiger partial charge in [-0.2, -0.15) is 18.3 Å². The first-order chi connectivity index (χ1) is 16.7. The zero-order chi connectivity index (χ0) is 26.2. The van der Waals surface area contributed by atoms with Crippen molar-refractivity contribution >= 4 is 32.6 Å². The number of aromatic nitrogens is 6. The van der Waals surface area contributed by atoms with Gasteiger partial charge in [-0.05, 0) is 12.1 Å². The lowest BCUT2D eigenvalue weighted by atomic mass is 10.1. The number of nitrogens with zero attached hydrogens (tertiary/aromatic N) is 7. The number of carbonyl (C=O) groups excluding carboxylic acids is 1. The molecule has 0 spiro atoms. The number of likely N-dealkylation sites (tertiary alicyclic amines) is 1. The van der Waals surface area contributed by atoms with Gasteiger partial charge in [0.05, 0.1) is 24.4 Å². The van der Waals surface area contributed by atoms with Crippen LogP contribution in [0.25, 0.3) is 28.2 Å². The minimum atomic E-state index is -4.68. The SMILES string of the molecule is CCS(=O)(=O)c1nn2c(C(=O)N3CC(F)(F)C3)ccnc2c1-c1nc2cc(C(F)(F)F)cnc2n1C. The standard InChI is InChI=1S/C20H16F5N7O3S/c1-3-36(34,35)17-13(16-28-11-6-10(20(23,24)25)7-27-14(11)30(16)2)15-26-5-4-12(32(15)29-17)18(33)31-8-19(21,22)9-31/h4-7H,3,8-9H2,1-2H3. The normalized spacial score (nSPS) is 16.0. The number of hydrogen-bond donors (Lipinski definition) is 0. The number of alkyl halides is 5. The summed E-state index contributed by atoms with van der Waals surface area (Å²) >= 11 is 0. The molecule has 1 fully saturated rings. The van der Waals surface area contributed by atoms with Crippen molar-refractivity contribution < 1.29 is 35.2 Å². The molecule has 1 saturated heterocycles. The number of fused-ring (bicyclic) bond motifs is 2. The van der Waals surface area contributed by atoms with Gasteiger partial charge in [-0.3, -0.25) is 4.79 Å². The maximum Gasteiger partial charge on any atom is 0.417 e. The van der Waals surface area contributed by atoms with Gasteiger partial charge in [0.2, 0.25) is 0 Å². The highest BCUT2D eigenvalue weighted by atomic mass is 32.2. The van der Waals surface area contributed by atoms with Gasteiger partial charge >= 0.3 is 6.18 Å². The molecule has 1 aliphatic rings. The molecule has 5 heterocycles. The van der Waals surface area contributed by atoms with Crippen LogP contribution >= 0.6 is 0 Å². The van der Waals surface area contributed by atoms with E-state index in [9.17, 15) is 35.2 Å². The lowest BCUT2D eigenvalue weighted by Gasteiger charge is -2.38. The molecule has 10 nitrogen and oxygen atoms in total. The van der Waals surface area contributed by atoms with Gasteiger partial charge in [-0.15, -0.1) is 0 Å². The van der Waals surface area contributed by atoms with E-state index in [4.69, 9.17) is 0 Å². The Balaban J connectivity index is 1.76. The molecule has 5 rings (SSSR count). The number of hydrogen-bond acceptors (Lipinski definition) is 7. The Morgan fingerprint density at radius 2 is 1.86 bits per heavy atom. The molecule has 0 radical (unpaired) electrons. The molecule has 4 aromatic heterocycles. The maximum absolute atomic E-state index is 13.3. The number of halogens is 5. The topological polar surface area (TPSA) is 115 Å². The minimum Gasteiger partial charge on any atom is -0.325 e. The number of carbonyl (C=O) groups is 1. The van der Waals surface area contributed by atoms with E-state index >= 15 is 0 Å². The van der Waals surface area contributed by atoms with E-state index in [1.165, 1.54) is 30.8 Å². The third kappa shape index (κ3) is 3.66. The van der Waals surface area contributed by atoms with Crippen LogP contribution in [0.5, 0.6) is 0 Å². The first-order valence-corrected chi connectivity index (χ1v) is 12.1. The van der Waals surface area contributed by atoms with Crippen molar-refractivity contribution in [2.75, 3.05) is 18.8 Å². The van der Waals surface area contributed by atoms with Gasteiger partial charge in [0, 0.05) is 19.4 Å². The van der Waals surface area contributed by atoms with E-state index in [2.05, 4.69) is 20.1 Å². The Morgan fingerprint density at radius 3 is 2.47 bits per heavy atom. The number of rotatable bonds is 4. The van der Waals surface area contributed by atoms with Gasteiger partial charge in [0.1, 0.15) is 22.6 Å². The highest BCUT2D eigenvalue weighted by Gasteiger charge is 2.47. The van der Waals surface area contributed by atoms with Crippen molar-refractivity contribution in [2.45, 2.75) is 24.0 Å². The molecule has 0 aromatic carbocycles. The highest BCUT2D eigenvalue weighted by Crippen LogP contribution is 2.35. The molecule has 0 aliphatic carbocycles. The second kappa shape index (κ2) is 7.65. The molecule has 1 aliphatic heterocycles. The smallest absolute Gasteiger partial charge is 0.325 e. The quantitative estimate of drug-likeness (QED) is 0.373. The molecule has 16 heteroatoms. The van der Waals surface area contributed by atoms with Crippen molar-refractivity contribution in [3.8, 4) is 11.4 Å². The Morgan fingerprint density at radius 1 is 1.17 bits per heavy atom. The summed E-state index contributed by atoms with van der Waals surface area (Å²) in [6.07, 6.45) is -2.87. The zero-order valence-corrected chi connectivity index (χ0v) is 19.4. The van der Waals surface area contributed by atoms with Crippen molar-refractivity contribution in [2.24, 2.45) is 7.05 Å². The number of imidazole rings is 1. The summed E-state index contributed by atoms with van der Waals surface area (Å²) in [5.41, 5.74) is -1.68. The molecule has 0 atom stereocenters. The molecule has 0 N–H and O–H groups in total. The summed E-state index contributed by atoms with van der Waals surface area (Å²) in [4.78, 5) is 25.9. The Labute approximate surface area is 199 Å². The molecule has 0 unspecified atom stereocenters. The van der Waals surface area contributed by atoms with Gasteiger partial charge in [0.15, 0.2) is 26.2 Å². The fourth-order valence-corrected chi connectivity index (χ4v) is 4.88. The Hall–Kier alpha value is -3.69. The molecule has 0 bridgehead atoms. The van der Waals surface area contributed by atoms with Crippen LogP contribution in [0, 0.1) is 0 Å². The fourth-order valence-electron chi connectivity index (χ4n) is 3.91. The van der Waals surface area contributed by atoms with E-state index < -0.39 is 57.3 Å². The van der Waals surface area contributed by atoms with Crippen LogP contribution in [0.2, 0.25) is 0 Å². The minimum absolute atomic E-state index is 0.0345. The molecule has 4 aromatic rings. The van der Waals surface area contributed by atoms with Gasteiger partial charge in [-0.1, -0.05) is 6.92 Å². The summed E-state index contributed by atoms with van der Waals surface area (Å²) in [6, 6.07) is 1.98. The summed E-state index contributed by atoms with van der Waals surface area (Å²) in [5, 5.41) is 3.56. The Bertz CT molecular complexity index is 1650. The van der Waals surface area contributed by atoms with E-state index in [-0.39, 0.29) is 33.9 Å². The number of amides is 1. The third-order valence-corrected chi connectivity index (χ3v) is 7.41. The summed E-state index contributed by atoms with van der Waals surface area (Å²) in [7, 11) is -2.64. The van der Waals surface area contributed by atoms with Gasteiger partial charge in [0.25, 0.3) is 11.8 Å². The fraction of sp³-hybridized carbons (Fsp3) is 0.350. The van der Waals surface area contributed by atoms with Crippen LogP contribution in [0.3, 0.4) is 0 Å². The average molecular weight is 529 g/mol. The van der Waals surface area contributed by atoms with Crippen molar-refractivity contribution in [1.82, 2.24) is 34.0 Å². The van der Waals surface area contributed by atoms with Crippen LogP contribution in [0.4, 0.5) is 22.0 Å². The van der Waals surface area contributed by atoms with Gasteiger partial charge < -0.3 is 9.47 Å². The first-order valence-electron chi connectivity index (χ1n) is 10.4. The van der Waals surface area contributed by atoms with E-state index in [1.54, 1.807) is 0 Å². The summed E-state index contributed by atoms with van der Waals surface area (Å²) in [5.74, 6) is -4.34. The van der Waals surface area contributed by atoms with Crippen molar-refractivity contribution in [1.29, 1.82) is 0 Å². The largest absolute Gasteiger partial charge is 0.417 e. The lowest BCUT2D eigenvalue weighted by Crippen LogP contribution is -2.58. The molecule has 36 heavy (non-hydrogen) atoms.